The number of nitrogens with zero attached hydrogens (tertiary/aromatic N) is 5. The van der Waals surface area contributed by atoms with Crippen LogP contribution in [-0.2, 0) is 9.53 Å². The number of likely N-dealkylation sites (tertiary alicyclic amines) is 1. The smallest absolute Gasteiger partial charge is 0.334 e. The summed E-state index contributed by atoms with van der Waals surface area (Å²) >= 11 is 0. The molecule has 1 amide bonds. The Morgan fingerprint density at radius 1 is 1.05 bits per heavy atom. The lowest BCUT2D eigenvalue weighted by Gasteiger charge is -2.33. The number of rotatable bonds is 6. The van der Waals surface area contributed by atoms with Crippen LogP contribution in [0.1, 0.15) is 31.7 Å². The largest absolute Gasteiger partial charge is 0.457 e. The van der Waals surface area contributed by atoms with E-state index in [-0.39, 0.29) is 34.9 Å². The van der Waals surface area contributed by atoms with E-state index in [2.05, 4.69) is 11.1 Å². The molecule has 2 aromatic carbocycles. The van der Waals surface area contributed by atoms with Crippen molar-refractivity contribution >= 4 is 22.8 Å². The molecule has 2 aliphatic heterocycles. The van der Waals surface area contributed by atoms with Crippen molar-refractivity contribution in [2.24, 2.45) is 5.92 Å². The van der Waals surface area contributed by atoms with Crippen LogP contribution in [0.3, 0.4) is 0 Å². The van der Waals surface area contributed by atoms with E-state index < -0.39 is 0 Å². The van der Waals surface area contributed by atoms with E-state index in [1.54, 1.807) is 44.5 Å². The minimum absolute atomic E-state index is 0.151. The number of nitrogen functional groups attached to an aromatic ring is 1. The lowest BCUT2D eigenvalue weighted by atomic mass is 9.96. The number of nitrogens with two attached hydrogens (primary N) is 1. The zero-order chi connectivity index (χ0) is 29.1. The van der Waals surface area contributed by atoms with E-state index in [0.717, 1.165) is 12.8 Å². The minimum Gasteiger partial charge on any atom is -0.457 e. The summed E-state index contributed by atoms with van der Waals surface area (Å²) < 4.78 is 14.6. The predicted octanol–water partition coefficient (Wildman–Crippen LogP) is 4.60. The second-order valence-corrected chi connectivity index (χ2v) is 10.7. The number of anilines is 1. The van der Waals surface area contributed by atoms with Gasteiger partial charge in [0.1, 0.15) is 34.5 Å². The Hall–Kier alpha value is -4.88. The Morgan fingerprint density at radius 2 is 1.79 bits per heavy atom. The summed E-state index contributed by atoms with van der Waals surface area (Å²) in [5.74, 6) is 1.45. The molecule has 10 heteroatoms. The summed E-state index contributed by atoms with van der Waals surface area (Å²) in [6.45, 7) is 2.11. The summed E-state index contributed by atoms with van der Waals surface area (Å²) in [6.07, 6.45) is 6.39. The molecule has 0 aliphatic carbocycles. The fourth-order valence-corrected chi connectivity index (χ4v) is 5.86. The molecule has 0 unspecified atom stereocenters. The molecular weight excluding hydrogens is 532 g/mol. The van der Waals surface area contributed by atoms with Crippen LogP contribution in [0.5, 0.6) is 11.5 Å². The van der Waals surface area contributed by atoms with Crippen molar-refractivity contribution < 1.29 is 14.3 Å². The highest BCUT2D eigenvalue weighted by Gasteiger charge is 2.31. The first-order chi connectivity index (χ1) is 20.5. The van der Waals surface area contributed by atoms with Gasteiger partial charge >= 0.3 is 5.69 Å². The van der Waals surface area contributed by atoms with Crippen LogP contribution in [-0.4, -0.2) is 51.2 Å². The number of piperidine rings is 1. The minimum atomic E-state index is -0.291. The van der Waals surface area contributed by atoms with Crippen LogP contribution in [0.15, 0.2) is 83.3 Å². The summed E-state index contributed by atoms with van der Waals surface area (Å²) in [7, 11) is 0. The molecule has 2 fully saturated rings. The van der Waals surface area contributed by atoms with Crippen LogP contribution in [0.25, 0.3) is 16.7 Å². The molecule has 42 heavy (non-hydrogen) atoms. The Labute approximate surface area is 243 Å². The van der Waals surface area contributed by atoms with Gasteiger partial charge in [0.2, 0.25) is 0 Å². The maximum Gasteiger partial charge on any atom is 0.334 e. The lowest BCUT2D eigenvalue weighted by molar-refractivity contribution is -0.128. The van der Waals surface area contributed by atoms with Gasteiger partial charge in [-0.1, -0.05) is 24.3 Å². The fraction of sp³-hybridized carbons (Fsp3) is 0.312. The summed E-state index contributed by atoms with van der Waals surface area (Å²) in [4.78, 5) is 33.5. The average Bonchev–Trinajstić information content (AvgIpc) is 3.33. The van der Waals surface area contributed by atoms with Crippen LogP contribution in [0.4, 0.5) is 5.82 Å². The number of carbonyl (C=O) groups excluding carboxylic acids is 1. The monoisotopic (exact) mass is 564 g/mol. The fourth-order valence-electron chi connectivity index (χ4n) is 5.86. The molecule has 214 valence electrons. The molecule has 4 aromatic rings. The Bertz CT molecular complexity index is 1710. The molecule has 6 rings (SSSR count). The highest BCUT2D eigenvalue weighted by molar-refractivity contribution is 5.97. The second kappa shape index (κ2) is 11.9. The molecule has 10 nitrogen and oxygen atoms in total. The van der Waals surface area contributed by atoms with Crippen molar-refractivity contribution in [2.75, 3.05) is 32.0 Å². The molecule has 2 aliphatic rings. The van der Waals surface area contributed by atoms with Crippen molar-refractivity contribution in [3.8, 4) is 23.3 Å². The maximum absolute atomic E-state index is 14.1. The molecule has 2 N–H and O–H groups in total. The highest BCUT2D eigenvalue weighted by Crippen LogP contribution is 2.30. The molecule has 2 saturated heterocycles. The van der Waals surface area contributed by atoms with Gasteiger partial charge in [0, 0.05) is 32.5 Å². The van der Waals surface area contributed by atoms with E-state index in [1.165, 1.54) is 0 Å². The maximum atomic E-state index is 14.1. The van der Waals surface area contributed by atoms with E-state index >= 15 is 0 Å². The van der Waals surface area contributed by atoms with Gasteiger partial charge in [-0.3, -0.25) is 13.9 Å². The number of allylic oxidation sites excluding steroid dienone is 1. The number of imidazole rings is 1. The van der Waals surface area contributed by atoms with Gasteiger partial charge in [0.05, 0.1) is 17.2 Å². The quantitative estimate of drug-likeness (QED) is 0.268. The number of fused-ring (bicyclic) bond motifs is 1. The molecule has 0 saturated carbocycles. The van der Waals surface area contributed by atoms with Gasteiger partial charge in [0.25, 0.3) is 5.91 Å². The number of nitriles is 1. The first kappa shape index (κ1) is 27.3. The Morgan fingerprint density at radius 3 is 2.52 bits per heavy atom. The van der Waals surface area contributed by atoms with Crippen molar-refractivity contribution in [1.29, 1.82) is 5.26 Å². The van der Waals surface area contributed by atoms with Crippen molar-refractivity contribution in [1.82, 2.24) is 19.0 Å². The van der Waals surface area contributed by atoms with Crippen LogP contribution >= 0.6 is 0 Å². The first-order valence-electron chi connectivity index (χ1n) is 14.2. The van der Waals surface area contributed by atoms with Crippen LogP contribution in [0, 0.1) is 17.2 Å². The van der Waals surface area contributed by atoms with Gasteiger partial charge < -0.3 is 20.1 Å². The molecular formula is C32H32N6O4. The van der Waals surface area contributed by atoms with Gasteiger partial charge in [-0.25, -0.2) is 9.78 Å². The Kier molecular flexibility index (Phi) is 7.75. The molecule has 0 bridgehead atoms. The summed E-state index contributed by atoms with van der Waals surface area (Å²) in [5.41, 5.74) is 8.01. The third kappa shape index (κ3) is 5.39. The summed E-state index contributed by atoms with van der Waals surface area (Å²) in [5, 5.41) is 9.80. The number of amides is 1. The zero-order valence-electron chi connectivity index (χ0n) is 23.2. The molecule has 2 aromatic heterocycles. The zero-order valence-corrected chi connectivity index (χ0v) is 23.2. The number of ether oxygens (including phenoxy) is 2. The predicted molar refractivity (Wildman–Crippen MR) is 158 cm³/mol. The highest BCUT2D eigenvalue weighted by atomic mass is 16.5. The van der Waals surface area contributed by atoms with Crippen molar-refractivity contribution in [3.63, 3.8) is 0 Å². The number of benzene rings is 2. The van der Waals surface area contributed by atoms with Gasteiger partial charge in [-0.15, -0.1) is 0 Å². The molecule has 4 heterocycles. The van der Waals surface area contributed by atoms with Crippen molar-refractivity contribution in [2.45, 2.75) is 31.7 Å². The third-order valence-electron chi connectivity index (χ3n) is 7.95. The average molecular weight is 565 g/mol. The topological polar surface area (TPSA) is 128 Å². The van der Waals surface area contributed by atoms with E-state index in [0.29, 0.717) is 67.4 Å². The number of aromatic nitrogens is 3. The van der Waals surface area contributed by atoms with E-state index in [9.17, 15) is 14.9 Å². The number of pyridine rings is 1. The normalized spacial score (nSPS) is 18.1. The van der Waals surface area contributed by atoms with Crippen molar-refractivity contribution in [3.05, 3.63) is 89.0 Å². The molecule has 1 atom stereocenters. The first-order valence-corrected chi connectivity index (χ1v) is 14.2. The van der Waals surface area contributed by atoms with Gasteiger partial charge in [0.15, 0.2) is 0 Å². The summed E-state index contributed by atoms with van der Waals surface area (Å²) in [6, 6.07) is 20.3. The number of hydrogen-bond acceptors (Lipinski definition) is 7. The number of hydrogen-bond donors (Lipinski definition) is 1. The van der Waals surface area contributed by atoms with E-state index in [1.807, 2.05) is 42.5 Å². The third-order valence-corrected chi connectivity index (χ3v) is 7.95. The Balaban J connectivity index is 1.31. The van der Waals surface area contributed by atoms with Crippen LogP contribution in [0.2, 0.25) is 0 Å². The van der Waals surface area contributed by atoms with Crippen LogP contribution < -0.4 is 16.2 Å². The SMILES string of the molecule is N#C/C(=C/C1CCOCC1)C(=O)N1CCC[C@@H](n2c(=O)n(-c3ccc(Oc4ccccc4)cc3)c3c(N)nccc32)C1. The standard InChI is InChI=1S/C32H32N6O4/c33-20-23(19-22-13-17-41-18-14-22)31(39)36-16-4-5-25(21-36)37-28-12-15-35-30(34)29(28)38(32(37)40)24-8-10-27(11-9-24)42-26-6-2-1-3-7-26/h1-3,6-12,15,19,22,25H,4-5,13-14,16-18,21H2,(H2,34,35)/b23-19-/t25-/m1/s1. The molecule has 0 radical (unpaired) electrons. The van der Waals surface area contributed by atoms with Gasteiger partial charge in [-0.05, 0) is 74.1 Å². The molecule has 0 spiro atoms. The van der Waals surface area contributed by atoms with Gasteiger partial charge in [-0.2, -0.15) is 5.26 Å². The second-order valence-electron chi connectivity index (χ2n) is 10.7. The lowest BCUT2D eigenvalue weighted by Crippen LogP contribution is -2.43. The number of carbonyl (C=O) groups is 1. The number of para-hydroxylation sites is 1. The van der Waals surface area contributed by atoms with E-state index in [4.69, 9.17) is 15.2 Å².